The van der Waals surface area contributed by atoms with Crippen molar-refractivity contribution < 1.29 is 19.4 Å². The molecule has 2 saturated heterocycles. The second-order valence-corrected chi connectivity index (χ2v) is 17.5. The van der Waals surface area contributed by atoms with Gasteiger partial charge in [-0.3, -0.25) is 29.2 Å². The van der Waals surface area contributed by atoms with Crippen molar-refractivity contribution >= 4 is 40.5 Å². The molecule has 1 aromatic carbocycles. The Balaban J connectivity index is 1.06. The zero-order valence-electron chi connectivity index (χ0n) is 34.9. The van der Waals surface area contributed by atoms with Gasteiger partial charge in [0.05, 0.1) is 35.9 Å². The summed E-state index contributed by atoms with van der Waals surface area (Å²) < 4.78 is 7.43. The molecule has 4 aliphatic rings. The summed E-state index contributed by atoms with van der Waals surface area (Å²) in [6.07, 6.45) is 11.2. The number of aliphatic hydroxyl groups is 1. The summed E-state index contributed by atoms with van der Waals surface area (Å²) in [5.41, 5.74) is 6.99. The number of carbonyl (C=O) groups excluding carboxylic acids is 2. The molecule has 3 aromatic heterocycles. The number of hydrogen-bond donors (Lipinski definition) is 3. The summed E-state index contributed by atoms with van der Waals surface area (Å²) in [5.74, 6) is -0.220. The molecule has 310 valence electrons. The van der Waals surface area contributed by atoms with E-state index in [0.717, 1.165) is 56.6 Å². The van der Waals surface area contributed by atoms with E-state index < -0.39 is 6.61 Å². The first-order valence-corrected chi connectivity index (χ1v) is 20.7. The van der Waals surface area contributed by atoms with Crippen molar-refractivity contribution in [3.8, 4) is 11.3 Å². The first kappa shape index (κ1) is 40.3. The molecule has 2 amide bonds. The maximum Gasteiger partial charge on any atom is 0.293 e. The number of hydrogen-bond acceptors (Lipinski definition) is 11. The van der Waals surface area contributed by atoms with E-state index in [1.165, 1.54) is 21.8 Å². The highest BCUT2D eigenvalue weighted by Crippen LogP contribution is 2.41. The van der Waals surface area contributed by atoms with Crippen LogP contribution in [-0.4, -0.2) is 91.8 Å². The Hall–Kier alpha value is -5.44. The van der Waals surface area contributed by atoms with Crippen molar-refractivity contribution in [3.05, 3.63) is 93.8 Å². The molecule has 0 bridgehead atoms. The maximum absolute atomic E-state index is 14.0. The Morgan fingerprint density at radius 3 is 2.56 bits per heavy atom. The zero-order chi connectivity index (χ0) is 41.7. The van der Waals surface area contributed by atoms with Gasteiger partial charge in [0.1, 0.15) is 11.5 Å². The van der Waals surface area contributed by atoms with Crippen molar-refractivity contribution in [1.82, 2.24) is 24.4 Å². The summed E-state index contributed by atoms with van der Waals surface area (Å²) >= 11 is 0. The van der Waals surface area contributed by atoms with Crippen molar-refractivity contribution in [2.24, 2.45) is 12.5 Å². The number of aryl methyl sites for hydroxylation is 1. The minimum atomic E-state index is -0.415. The standard InChI is InChI=1S/C45H55N9O5/c1-8-39(56)49-36-19-30(9-10-38(36)53-16-15-52(23-26(53)2)31-17-27(3)59-28(4)18-31)48-41-44(58)51(7)24-37(50-41)32-11-13-46-42(35(32)25-55)54-14-12-33-34-21-45(5,6)20-29(34)22-47-40(33)43(54)57/h8-11,13,19,22,24,26-28,31,55H,1,12,14-18,20-21,23,25H2,2-7H3,(H,48,50)(H,49,56)/t26-,27-,28+,31?/m0/s1. The normalized spacial score (nSPS) is 22.8. The first-order valence-electron chi connectivity index (χ1n) is 20.7. The summed E-state index contributed by atoms with van der Waals surface area (Å²) in [4.78, 5) is 60.8. The van der Waals surface area contributed by atoms with Crippen molar-refractivity contribution in [2.45, 2.75) is 97.6 Å². The topological polar surface area (TPSA) is 158 Å². The van der Waals surface area contributed by atoms with Crippen molar-refractivity contribution in [1.29, 1.82) is 0 Å². The van der Waals surface area contributed by atoms with Gasteiger partial charge in [-0.25, -0.2) is 9.97 Å². The van der Waals surface area contributed by atoms with E-state index >= 15 is 0 Å². The molecule has 4 aromatic rings. The number of piperazine rings is 1. The molecular formula is C45H55N9O5. The van der Waals surface area contributed by atoms with Gasteiger partial charge >= 0.3 is 0 Å². The number of benzene rings is 1. The van der Waals surface area contributed by atoms with Gasteiger partial charge in [0.2, 0.25) is 5.91 Å². The lowest BCUT2D eigenvalue weighted by molar-refractivity contribution is -0.111. The van der Waals surface area contributed by atoms with Crippen LogP contribution in [0.5, 0.6) is 0 Å². The lowest BCUT2D eigenvalue weighted by Crippen LogP contribution is -2.57. The quantitative estimate of drug-likeness (QED) is 0.187. The average molecular weight is 802 g/mol. The second kappa shape index (κ2) is 16.0. The van der Waals surface area contributed by atoms with Gasteiger partial charge in [0, 0.05) is 80.7 Å². The average Bonchev–Trinajstić information content (AvgIpc) is 3.53. The smallest absolute Gasteiger partial charge is 0.293 e. The number of anilines is 5. The number of ether oxygens (including phenoxy) is 1. The van der Waals surface area contributed by atoms with Gasteiger partial charge in [-0.15, -0.1) is 0 Å². The third-order valence-electron chi connectivity index (χ3n) is 12.4. The fraction of sp³-hybridized carbons (Fsp3) is 0.467. The fourth-order valence-corrected chi connectivity index (χ4v) is 9.73. The number of pyridine rings is 2. The number of amides is 2. The molecule has 1 aliphatic carbocycles. The third kappa shape index (κ3) is 7.88. The molecule has 3 aliphatic heterocycles. The second-order valence-electron chi connectivity index (χ2n) is 17.5. The highest BCUT2D eigenvalue weighted by molar-refractivity contribution is 6.07. The molecule has 4 atom stereocenters. The summed E-state index contributed by atoms with van der Waals surface area (Å²) in [7, 11) is 1.64. The van der Waals surface area contributed by atoms with E-state index in [4.69, 9.17) is 9.72 Å². The van der Waals surface area contributed by atoms with Gasteiger partial charge in [0.15, 0.2) is 5.82 Å². The van der Waals surface area contributed by atoms with Crippen LogP contribution in [0.15, 0.2) is 60.3 Å². The summed E-state index contributed by atoms with van der Waals surface area (Å²) in [6.45, 7) is 17.2. The van der Waals surface area contributed by atoms with E-state index in [-0.39, 0.29) is 46.9 Å². The van der Waals surface area contributed by atoms with Crippen LogP contribution in [0.3, 0.4) is 0 Å². The third-order valence-corrected chi connectivity index (χ3v) is 12.4. The molecule has 0 spiro atoms. The molecule has 8 rings (SSSR count). The molecule has 3 N–H and O–H groups in total. The largest absolute Gasteiger partial charge is 0.392 e. The van der Waals surface area contributed by atoms with Crippen LogP contribution >= 0.6 is 0 Å². The number of carbonyl (C=O) groups is 2. The van der Waals surface area contributed by atoms with Crippen molar-refractivity contribution in [3.63, 3.8) is 0 Å². The Bertz CT molecular complexity index is 2370. The number of aromatic nitrogens is 4. The monoisotopic (exact) mass is 801 g/mol. The van der Waals surface area contributed by atoms with E-state index in [1.54, 1.807) is 36.5 Å². The van der Waals surface area contributed by atoms with Crippen LogP contribution < -0.4 is 26.0 Å². The van der Waals surface area contributed by atoms with Gasteiger partial charge in [-0.2, -0.15) is 0 Å². The van der Waals surface area contributed by atoms with E-state index in [2.05, 4.69) is 71.6 Å². The molecule has 2 fully saturated rings. The number of fused-ring (bicyclic) bond motifs is 3. The predicted octanol–water partition coefficient (Wildman–Crippen LogP) is 5.39. The van der Waals surface area contributed by atoms with E-state index in [9.17, 15) is 19.5 Å². The van der Waals surface area contributed by atoms with Gasteiger partial charge in [0.25, 0.3) is 11.5 Å². The van der Waals surface area contributed by atoms with Crippen LogP contribution in [0.25, 0.3) is 11.3 Å². The first-order chi connectivity index (χ1) is 28.2. The lowest BCUT2D eigenvalue weighted by Gasteiger charge is -2.47. The van der Waals surface area contributed by atoms with E-state index in [0.29, 0.717) is 58.7 Å². The maximum atomic E-state index is 14.0. The Labute approximate surface area is 345 Å². The lowest BCUT2D eigenvalue weighted by atomic mass is 9.89. The minimum absolute atomic E-state index is 0.0480. The number of nitrogens with zero attached hydrogens (tertiary/aromatic N) is 7. The summed E-state index contributed by atoms with van der Waals surface area (Å²) in [6, 6.07) is 8.01. The molecule has 14 heteroatoms. The Morgan fingerprint density at radius 2 is 1.83 bits per heavy atom. The molecule has 0 saturated carbocycles. The highest BCUT2D eigenvalue weighted by atomic mass is 16.5. The van der Waals surface area contributed by atoms with Crippen LogP contribution in [0.1, 0.15) is 80.2 Å². The fourth-order valence-electron chi connectivity index (χ4n) is 9.73. The molecule has 14 nitrogen and oxygen atoms in total. The van der Waals surface area contributed by atoms with E-state index in [1.807, 2.05) is 18.3 Å². The molecular weight excluding hydrogens is 747 g/mol. The molecule has 59 heavy (non-hydrogen) atoms. The minimum Gasteiger partial charge on any atom is -0.392 e. The number of aliphatic hydroxyl groups excluding tert-OH is 1. The van der Waals surface area contributed by atoms with Gasteiger partial charge in [-0.1, -0.05) is 20.4 Å². The van der Waals surface area contributed by atoms with Gasteiger partial charge < -0.3 is 29.9 Å². The number of rotatable bonds is 9. The van der Waals surface area contributed by atoms with Crippen LogP contribution in [0, 0.1) is 5.41 Å². The SMILES string of the molecule is C=CC(=O)Nc1cc(Nc2nc(-c3ccnc(N4CCc5c(ncc6c5CC(C)(C)C6)C4=O)c3CO)cn(C)c2=O)ccc1N1CCN(C2C[C@@H](C)O[C@@H](C)C2)C[C@@H]1C. The van der Waals surface area contributed by atoms with Crippen LogP contribution in [0.2, 0.25) is 0 Å². The predicted molar refractivity (Wildman–Crippen MR) is 229 cm³/mol. The van der Waals surface area contributed by atoms with Crippen molar-refractivity contribution in [2.75, 3.05) is 46.6 Å². The van der Waals surface area contributed by atoms with Crippen LogP contribution in [0.4, 0.5) is 28.7 Å². The summed E-state index contributed by atoms with van der Waals surface area (Å²) in [5, 5.41) is 17.0. The zero-order valence-corrected chi connectivity index (χ0v) is 34.9. The Morgan fingerprint density at radius 1 is 1.05 bits per heavy atom. The number of nitrogens with one attached hydrogen (secondary N) is 2. The molecule has 6 heterocycles. The Kier molecular flexibility index (Phi) is 10.9. The van der Waals surface area contributed by atoms with Gasteiger partial charge in [-0.05, 0) is 105 Å². The molecule has 1 unspecified atom stereocenters. The molecule has 0 radical (unpaired) electrons. The highest BCUT2D eigenvalue weighted by Gasteiger charge is 2.38. The van der Waals surface area contributed by atoms with Crippen LogP contribution in [-0.2, 0) is 42.4 Å².